The highest BCUT2D eigenvalue weighted by atomic mass is 32.2. The van der Waals surface area contributed by atoms with Gasteiger partial charge in [0.05, 0.1) is 16.4 Å². The first-order valence-corrected chi connectivity index (χ1v) is 9.18. The van der Waals surface area contributed by atoms with Gasteiger partial charge < -0.3 is 5.73 Å². The Bertz CT molecular complexity index is 787. The lowest BCUT2D eigenvalue weighted by molar-refractivity contribution is -0.387. The molecule has 11 heteroatoms. The highest BCUT2D eigenvalue weighted by Crippen LogP contribution is 2.26. The molecule has 9 nitrogen and oxygen atoms in total. The molecule has 0 aliphatic carbocycles. The van der Waals surface area contributed by atoms with Crippen LogP contribution in [-0.2, 0) is 19.9 Å². The predicted octanol–water partition coefficient (Wildman–Crippen LogP) is -0.358. The molecule has 0 bridgehead atoms. The minimum atomic E-state index is -4.23. The molecule has 1 fully saturated rings. The number of hydrogen-bond donors (Lipinski definition) is 2. The molecular formula is C10H13N3O6S2. The number of nitrogens with one attached hydrogen (secondary N) is 1. The van der Waals surface area contributed by atoms with Gasteiger partial charge in [0.2, 0.25) is 10.0 Å². The van der Waals surface area contributed by atoms with Crippen LogP contribution in [0.3, 0.4) is 0 Å². The quantitative estimate of drug-likeness (QED) is 0.433. The van der Waals surface area contributed by atoms with Crippen LogP contribution in [0.2, 0.25) is 0 Å². The normalized spacial score (nSPS) is 21.2. The second-order valence-electron chi connectivity index (χ2n) is 4.71. The minimum absolute atomic E-state index is 0.0556. The third-order valence-corrected chi connectivity index (χ3v) is 6.34. The maximum atomic E-state index is 12.2. The molecule has 0 aromatic heterocycles. The molecule has 0 spiro atoms. The molecule has 2 rings (SSSR count). The van der Waals surface area contributed by atoms with E-state index in [0.717, 1.165) is 12.1 Å². The molecule has 1 aromatic carbocycles. The van der Waals surface area contributed by atoms with Crippen molar-refractivity contribution in [3.05, 3.63) is 28.3 Å². The van der Waals surface area contributed by atoms with Crippen LogP contribution in [0, 0.1) is 10.1 Å². The third kappa shape index (κ3) is 3.49. The fourth-order valence-corrected chi connectivity index (χ4v) is 5.32. The van der Waals surface area contributed by atoms with Gasteiger partial charge in [-0.1, -0.05) is 0 Å². The summed E-state index contributed by atoms with van der Waals surface area (Å²) in [7, 11) is -7.50. The van der Waals surface area contributed by atoms with Crippen molar-refractivity contribution in [1.29, 1.82) is 0 Å². The Balaban J connectivity index is 2.36. The number of nitrogen functional groups attached to an aromatic ring is 1. The van der Waals surface area contributed by atoms with Gasteiger partial charge in [0, 0.05) is 17.8 Å². The smallest absolute Gasteiger partial charge is 0.289 e. The minimum Gasteiger partial charge on any atom is -0.399 e. The number of hydrogen-bond acceptors (Lipinski definition) is 7. The van der Waals surface area contributed by atoms with Gasteiger partial charge in [-0.15, -0.1) is 0 Å². The van der Waals surface area contributed by atoms with E-state index < -0.39 is 41.4 Å². The zero-order valence-electron chi connectivity index (χ0n) is 10.7. The van der Waals surface area contributed by atoms with E-state index in [4.69, 9.17) is 5.73 Å². The Morgan fingerprint density at radius 3 is 2.57 bits per heavy atom. The van der Waals surface area contributed by atoms with Gasteiger partial charge >= 0.3 is 0 Å². The van der Waals surface area contributed by atoms with Crippen LogP contribution >= 0.6 is 0 Å². The molecular weight excluding hydrogens is 322 g/mol. The van der Waals surface area contributed by atoms with E-state index in [1.54, 1.807) is 0 Å². The molecule has 3 N–H and O–H groups in total. The summed E-state index contributed by atoms with van der Waals surface area (Å²) in [5.74, 6) is -0.429. The number of nitro benzene ring substituents is 1. The monoisotopic (exact) mass is 335 g/mol. The fourth-order valence-electron chi connectivity index (χ4n) is 2.07. The zero-order valence-corrected chi connectivity index (χ0v) is 12.4. The number of benzene rings is 1. The van der Waals surface area contributed by atoms with E-state index in [0.29, 0.717) is 0 Å². The number of nitro groups is 1. The van der Waals surface area contributed by atoms with Crippen molar-refractivity contribution < 1.29 is 21.8 Å². The van der Waals surface area contributed by atoms with Crippen molar-refractivity contribution in [2.45, 2.75) is 17.4 Å². The number of sulfonamides is 1. The van der Waals surface area contributed by atoms with Crippen LogP contribution in [0.25, 0.3) is 0 Å². The van der Waals surface area contributed by atoms with Crippen molar-refractivity contribution in [2.75, 3.05) is 17.2 Å². The summed E-state index contributed by atoms with van der Waals surface area (Å²) in [6, 6.07) is 2.40. The third-order valence-electron chi connectivity index (χ3n) is 3.02. The second kappa shape index (κ2) is 5.24. The zero-order chi connectivity index (χ0) is 15.8. The molecule has 1 heterocycles. The molecule has 21 heavy (non-hydrogen) atoms. The average molecular weight is 335 g/mol. The number of sulfone groups is 1. The van der Waals surface area contributed by atoms with Crippen LogP contribution in [0.4, 0.5) is 11.4 Å². The first kappa shape index (κ1) is 15.7. The number of nitrogens with zero attached hydrogens (tertiary/aromatic N) is 1. The molecule has 1 saturated heterocycles. The van der Waals surface area contributed by atoms with Gasteiger partial charge in [0.25, 0.3) is 5.69 Å². The van der Waals surface area contributed by atoms with Crippen LogP contribution in [0.5, 0.6) is 0 Å². The largest absolute Gasteiger partial charge is 0.399 e. The van der Waals surface area contributed by atoms with Crippen LogP contribution in [-0.4, -0.2) is 39.3 Å². The number of nitrogens with two attached hydrogens (primary N) is 1. The van der Waals surface area contributed by atoms with Crippen molar-refractivity contribution >= 4 is 31.2 Å². The van der Waals surface area contributed by atoms with E-state index in [1.165, 1.54) is 6.07 Å². The van der Waals surface area contributed by atoms with Crippen LogP contribution in [0.15, 0.2) is 23.1 Å². The van der Waals surface area contributed by atoms with E-state index in [2.05, 4.69) is 4.72 Å². The van der Waals surface area contributed by atoms with Crippen molar-refractivity contribution in [1.82, 2.24) is 4.72 Å². The molecule has 1 atom stereocenters. The summed E-state index contributed by atoms with van der Waals surface area (Å²) in [6.45, 7) is 0. The topological polar surface area (TPSA) is 149 Å². The first-order valence-electron chi connectivity index (χ1n) is 5.87. The summed E-state index contributed by atoms with van der Waals surface area (Å²) in [5.41, 5.74) is 4.91. The molecule has 1 aliphatic rings. The molecule has 0 radical (unpaired) electrons. The SMILES string of the molecule is Nc1ccc([N+](=O)[O-])c(S(=O)(=O)NC2CCS(=O)(=O)C2)c1. The van der Waals surface area contributed by atoms with Gasteiger partial charge in [-0.05, 0) is 18.6 Å². The summed E-state index contributed by atoms with van der Waals surface area (Å²) < 4.78 is 49.3. The Labute approximate surface area is 121 Å². The van der Waals surface area contributed by atoms with Crippen LogP contribution < -0.4 is 10.5 Å². The molecule has 116 valence electrons. The summed E-state index contributed by atoms with van der Waals surface area (Å²) in [6.07, 6.45) is 0.137. The Hall–Kier alpha value is -1.72. The maximum absolute atomic E-state index is 12.2. The number of rotatable bonds is 4. The van der Waals surface area contributed by atoms with Gasteiger partial charge in [0.15, 0.2) is 14.7 Å². The standard InChI is InChI=1S/C10H13N3O6S2/c11-7-1-2-9(13(14)15)10(5-7)21(18,19)12-8-3-4-20(16,17)6-8/h1-2,5,8,12H,3-4,6,11H2. The Morgan fingerprint density at radius 1 is 1.38 bits per heavy atom. The van der Waals surface area contributed by atoms with Crippen molar-refractivity contribution in [3.8, 4) is 0 Å². The fraction of sp³-hybridized carbons (Fsp3) is 0.400. The predicted molar refractivity (Wildman–Crippen MR) is 74.9 cm³/mol. The second-order valence-corrected chi connectivity index (χ2v) is 8.62. The van der Waals surface area contributed by atoms with Gasteiger partial charge in [-0.2, -0.15) is 0 Å². The molecule has 0 amide bonds. The van der Waals surface area contributed by atoms with Crippen molar-refractivity contribution in [3.63, 3.8) is 0 Å². The molecule has 1 aromatic rings. The highest BCUT2D eigenvalue weighted by molar-refractivity contribution is 7.92. The lowest BCUT2D eigenvalue weighted by atomic mass is 10.3. The maximum Gasteiger partial charge on any atom is 0.289 e. The van der Waals surface area contributed by atoms with E-state index in [-0.39, 0.29) is 23.6 Å². The summed E-state index contributed by atoms with van der Waals surface area (Å²) >= 11 is 0. The Kier molecular flexibility index (Phi) is 3.91. The van der Waals surface area contributed by atoms with E-state index in [1.807, 2.05) is 0 Å². The Morgan fingerprint density at radius 2 is 2.05 bits per heavy atom. The van der Waals surface area contributed by atoms with Crippen molar-refractivity contribution in [2.24, 2.45) is 0 Å². The molecule has 1 unspecified atom stereocenters. The van der Waals surface area contributed by atoms with Gasteiger partial charge in [-0.25, -0.2) is 21.6 Å². The van der Waals surface area contributed by atoms with Crippen LogP contribution in [0.1, 0.15) is 6.42 Å². The molecule has 1 aliphatic heterocycles. The summed E-state index contributed by atoms with van der Waals surface area (Å²) in [5, 5.41) is 10.9. The first-order chi connectivity index (χ1) is 9.61. The lowest BCUT2D eigenvalue weighted by Gasteiger charge is -2.12. The number of anilines is 1. The van der Waals surface area contributed by atoms with E-state index in [9.17, 15) is 26.9 Å². The lowest BCUT2D eigenvalue weighted by Crippen LogP contribution is -2.35. The van der Waals surface area contributed by atoms with Gasteiger partial charge in [0.1, 0.15) is 0 Å². The average Bonchev–Trinajstić information content (AvgIpc) is 2.67. The highest BCUT2D eigenvalue weighted by Gasteiger charge is 2.34. The van der Waals surface area contributed by atoms with Gasteiger partial charge in [-0.3, -0.25) is 10.1 Å². The summed E-state index contributed by atoms with van der Waals surface area (Å²) in [4.78, 5) is 9.49. The van der Waals surface area contributed by atoms with E-state index >= 15 is 0 Å². The molecule has 0 saturated carbocycles.